The summed E-state index contributed by atoms with van der Waals surface area (Å²) < 4.78 is 29.2. The fourth-order valence-electron chi connectivity index (χ4n) is 1.96. The van der Waals surface area contributed by atoms with E-state index in [1.807, 2.05) is 38.1 Å². The Morgan fingerprint density at radius 2 is 1.65 bits per heavy atom. The van der Waals surface area contributed by atoms with Gasteiger partial charge in [0.05, 0.1) is 5.69 Å². The molecule has 0 fully saturated rings. The maximum atomic E-state index is 12.4. The van der Waals surface area contributed by atoms with Crippen LogP contribution in [0.1, 0.15) is 24.1 Å². The van der Waals surface area contributed by atoms with E-state index in [1.165, 1.54) is 11.6 Å². The van der Waals surface area contributed by atoms with Crippen molar-refractivity contribution in [1.29, 1.82) is 0 Å². The standard InChI is InChI=1S/C16H17F2NO/c1-11-7-9-13(10-8-11)12(2)19-14-5-3-4-6-15(14)20-16(17)18/h3-10,12,16,19H,1-2H3. The normalized spacial score (nSPS) is 12.2. The summed E-state index contributed by atoms with van der Waals surface area (Å²) in [6, 6.07) is 14.8. The number of halogens is 2. The van der Waals surface area contributed by atoms with Gasteiger partial charge in [0.2, 0.25) is 0 Å². The number of aryl methyl sites for hydroxylation is 1. The summed E-state index contributed by atoms with van der Waals surface area (Å²) in [5.74, 6) is 0.154. The molecule has 1 unspecified atom stereocenters. The van der Waals surface area contributed by atoms with Gasteiger partial charge in [0.25, 0.3) is 0 Å². The lowest BCUT2D eigenvalue weighted by Gasteiger charge is -2.18. The molecule has 1 N–H and O–H groups in total. The molecule has 0 spiro atoms. The molecule has 0 heterocycles. The highest BCUT2D eigenvalue weighted by molar-refractivity contribution is 5.57. The summed E-state index contributed by atoms with van der Waals surface area (Å²) in [5, 5.41) is 3.19. The Kier molecular flexibility index (Phi) is 4.56. The molecular formula is C16H17F2NO. The number of nitrogens with one attached hydrogen (secondary N) is 1. The van der Waals surface area contributed by atoms with Crippen LogP contribution in [0.4, 0.5) is 14.5 Å². The van der Waals surface area contributed by atoms with Crippen LogP contribution < -0.4 is 10.1 Å². The monoisotopic (exact) mass is 277 g/mol. The van der Waals surface area contributed by atoms with Crippen molar-refractivity contribution in [3.63, 3.8) is 0 Å². The molecule has 0 amide bonds. The minimum atomic E-state index is -2.83. The SMILES string of the molecule is Cc1ccc(C(C)Nc2ccccc2OC(F)F)cc1. The van der Waals surface area contributed by atoms with Crippen molar-refractivity contribution in [1.82, 2.24) is 0 Å². The average Bonchev–Trinajstić information content (AvgIpc) is 2.41. The third-order valence-electron chi connectivity index (χ3n) is 3.05. The Hall–Kier alpha value is -2.10. The van der Waals surface area contributed by atoms with Crippen LogP contribution in [0.25, 0.3) is 0 Å². The van der Waals surface area contributed by atoms with Crippen LogP contribution in [0.5, 0.6) is 5.75 Å². The molecule has 20 heavy (non-hydrogen) atoms. The Balaban J connectivity index is 2.15. The first-order chi connectivity index (χ1) is 9.56. The van der Waals surface area contributed by atoms with E-state index in [0.29, 0.717) is 5.69 Å². The van der Waals surface area contributed by atoms with Gasteiger partial charge in [-0.05, 0) is 31.5 Å². The molecule has 0 saturated heterocycles. The van der Waals surface area contributed by atoms with Crippen molar-refractivity contribution in [2.75, 3.05) is 5.32 Å². The zero-order valence-electron chi connectivity index (χ0n) is 11.4. The topological polar surface area (TPSA) is 21.3 Å². The van der Waals surface area contributed by atoms with Crippen molar-refractivity contribution in [2.45, 2.75) is 26.5 Å². The highest BCUT2D eigenvalue weighted by Gasteiger charge is 2.11. The molecule has 2 aromatic rings. The van der Waals surface area contributed by atoms with Gasteiger partial charge in [-0.2, -0.15) is 8.78 Å². The van der Waals surface area contributed by atoms with Gasteiger partial charge in [-0.15, -0.1) is 0 Å². The first-order valence-corrected chi connectivity index (χ1v) is 6.43. The van der Waals surface area contributed by atoms with Crippen LogP contribution in [0.3, 0.4) is 0 Å². The molecule has 2 aromatic carbocycles. The van der Waals surface area contributed by atoms with Crippen molar-refractivity contribution >= 4 is 5.69 Å². The smallest absolute Gasteiger partial charge is 0.387 e. The zero-order valence-corrected chi connectivity index (χ0v) is 11.4. The molecule has 0 aliphatic rings. The summed E-state index contributed by atoms with van der Waals surface area (Å²) in [5.41, 5.74) is 2.82. The van der Waals surface area contributed by atoms with E-state index in [1.54, 1.807) is 18.2 Å². The highest BCUT2D eigenvalue weighted by atomic mass is 19.3. The molecule has 106 valence electrons. The number of ether oxygens (including phenoxy) is 1. The summed E-state index contributed by atoms with van der Waals surface area (Å²) in [7, 11) is 0. The van der Waals surface area contributed by atoms with Gasteiger partial charge in [0.15, 0.2) is 0 Å². The Morgan fingerprint density at radius 3 is 2.30 bits per heavy atom. The molecular weight excluding hydrogens is 260 g/mol. The van der Waals surface area contributed by atoms with Crippen LogP contribution in [-0.2, 0) is 0 Å². The van der Waals surface area contributed by atoms with E-state index in [0.717, 1.165) is 5.56 Å². The average molecular weight is 277 g/mol. The second kappa shape index (κ2) is 6.37. The van der Waals surface area contributed by atoms with E-state index < -0.39 is 6.61 Å². The van der Waals surface area contributed by atoms with E-state index in [9.17, 15) is 8.78 Å². The van der Waals surface area contributed by atoms with Crippen molar-refractivity contribution in [3.8, 4) is 5.75 Å². The van der Waals surface area contributed by atoms with E-state index in [4.69, 9.17) is 0 Å². The van der Waals surface area contributed by atoms with E-state index in [-0.39, 0.29) is 11.8 Å². The maximum absolute atomic E-state index is 12.4. The summed E-state index contributed by atoms with van der Waals surface area (Å²) in [4.78, 5) is 0. The molecule has 0 aliphatic carbocycles. The Bertz CT molecular complexity index is 555. The van der Waals surface area contributed by atoms with Gasteiger partial charge in [0.1, 0.15) is 5.75 Å². The lowest BCUT2D eigenvalue weighted by atomic mass is 10.1. The van der Waals surface area contributed by atoms with Crippen LogP contribution in [0.15, 0.2) is 48.5 Å². The summed E-state index contributed by atoms with van der Waals surface area (Å²) in [6.45, 7) is 1.17. The Morgan fingerprint density at radius 1 is 1.00 bits per heavy atom. The predicted octanol–water partition coefficient (Wildman–Crippen LogP) is 4.77. The third-order valence-corrected chi connectivity index (χ3v) is 3.05. The molecule has 2 nitrogen and oxygen atoms in total. The number of para-hydroxylation sites is 2. The summed E-state index contributed by atoms with van der Waals surface area (Å²) >= 11 is 0. The van der Waals surface area contributed by atoms with Crippen LogP contribution in [0, 0.1) is 6.92 Å². The minimum absolute atomic E-state index is 0.00183. The quantitative estimate of drug-likeness (QED) is 0.850. The Labute approximate surface area is 117 Å². The predicted molar refractivity (Wildman–Crippen MR) is 76.3 cm³/mol. The maximum Gasteiger partial charge on any atom is 0.387 e. The molecule has 0 aromatic heterocycles. The second-order valence-corrected chi connectivity index (χ2v) is 4.65. The molecule has 0 saturated carbocycles. The van der Waals surface area contributed by atoms with Gasteiger partial charge in [0, 0.05) is 6.04 Å². The molecule has 0 radical (unpaired) electrons. The first kappa shape index (κ1) is 14.3. The number of benzene rings is 2. The number of alkyl halides is 2. The largest absolute Gasteiger partial charge is 0.433 e. The molecule has 4 heteroatoms. The lowest BCUT2D eigenvalue weighted by molar-refractivity contribution is -0.0493. The lowest BCUT2D eigenvalue weighted by Crippen LogP contribution is -2.10. The van der Waals surface area contributed by atoms with Crippen LogP contribution in [-0.4, -0.2) is 6.61 Å². The van der Waals surface area contributed by atoms with Crippen LogP contribution >= 0.6 is 0 Å². The highest BCUT2D eigenvalue weighted by Crippen LogP contribution is 2.29. The third kappa shape index (κ3) is 3.70. The van der Waals surface area contributed by atoms with Crippen molar-refractivity contribution in [2.24, 2.45) is 0 Å². The van der Waals surface area contributed by atoms with Gasteiger partial charge in [-0.1, -0.05) is 42.0 Å². The number of hydrogen-bond donors (Lipinski definition) is 1. The van der Waals surface area contributed by atoms with Crippen molar-refractivity contribution in [3.05, 3.63) is 59.7 Å². The van der Waals surface area contributed by atoms with Crippen molar-refractivity contribution < 1.29 is 13.5 Å². The van der Waals surface area contributed by atoms with Gasteiger partial charge in [-0.3, -0.25) is 0 Å². The zero-order chi connectivity index (χ0) is 14.5. The molecule has 0 aliphatic heterocycles. The molecule has 2 rings (SSSR count). The number of rotatable bonds is 5. The fraction of sp³-hybridized carbons (Fsp3) is 0.250. The van der Waals surface area contributed by atoms with Gasteiger partial charge < -0.3 is 10.1 Å². The number of anilines is 1. The van der Waals surface area contributed by atoms with E-state index >= 15 is 0 Å². The molecule has 0 bridgehead atoms. The fourth-order valence-corrected chi connectivity index (χ4v) is 1.96. The first-order valence-electron chi connectivity index (χ1n) is 6.43. The van der Waals surface area contributed by atoms with Gasteiger partial charge in [-0.25, -0.2) is 0 Å². The summed E-state index contributed by atoms with van der Waals surface area (Å²) in [6.07, 6.45) is 0. The van der Waals surface area contributed by atoms with Gasteiger partial charge >= 0.3 is 6.61 Å². The van der Waals surface area contributed by atoms with E-state index in [2.05, 4.69) is 10.1 Å². The molecule has 1 atom stereocenters. The second-order valence-electron chi connectivity index (χ2n) is 4.65. The minimum Gasteiger partial charge on any atom is -0.433 e. The van der Waals surface area contributed by atoms with Crippen LogP contribution in [0.2, 0.25) is 0 Å². The number of hydrogen-bond acceptors (Lipinski definition) is 2.